The molecule has 2 atom stereocenters. The SMILES string of the molecule is COc1cc(C2CC(=O)C3=C(C2)Nc2ccccc2NC3c2ccco2)ccc1OC(C)C. The molecule has 170 valence electrons. The number of ether oxygens (including phenoxy) is 2. The molecule has 0 saturated heterocycles. The van der Waals surface area contributed by atoms with Crippen molar-refractivity contribution in [1.82, 2.24) is 0 Å². The molecule has 1 aliphatic heterocycles. The number of anilines is 2. The number of para-hydroxylation sites is 2. The number of methoxy groups -OCH3 is 1. The van der Waals surface area contributed by atoms with Gasteiger partial charge in [0, 0.05) is 17.7 Å². The molecule has 2 N–H and O–H groups in total. The van der Waals surface area contributed by atoms with Crippen molar-refractivity contribution in [2.45, 2.75) is 44.8 Å². The lowest BCUT2D eigenvalue weighted by atomic mass is 9.79. The predicted octanol–water partition coefficient (Wildman–Crippen LogP) is 6.05. The summed E-state index contributed by atoms with van der Waals surface area (Å²) in [7, 11) is 1.64. The molecule has 2 heterocycles. The van der Waals surface area contributed by atoms with Crippen LogP contribution in [0.1, 0.15) is 50.0 Å². The second-order valence-corrected chi connectivity index (χ2v) is 8.76. The van der Waals surface area contributed by atoms with E-state index in [-0.39, 0.29) is 23.8 Å². The van der Waals surface area contributed by atoms with Gasteiger partial charge in [0.1, 0.15) is 11.8 Å². The molecule has 1 aliphatic carbocycles. The Labute approximate surface area is 193 Å². The second-order valence-electron chi connectivity index (χ2n) is 8.76. The first-order valence-corrected chi connectivity index (χ1v) is 11.3. The van der Waals surface area contributed by atoms with Crippen molar-refractivity contribution < 1.29 is 18.7 Å². The fourth-order valence-corrected chi connectivity index (χ4v) is 4.69. The van der Waals surface area contributed by atoms with E-state index < -0.39 is 0 Å². The zero-order chi connectivity index (χ0) is 22.9. The third kappa shape index (κ3) is 4.09. The zero-order valence-electron chi connectivity index (χ0n) is 19.1. The van der Waals surface area contributed by atoms with Crippen LogP contribution in [0.25, 0.3) is 0 Å². The molecule has 2 unspecified atom stereocenters. The molecular weight excluding hydrogens is 416 g/mol. The van der Waals surface area contributed by atoms with Crippen LogP contribution in [0.2, 0.25) is 0 Å². The number of furan rings is 1. The van der Waals surface area contributed by atoms with Crippen molar-refractivity contribution in [1.29, 1.82) is 0 Å². The predicted molar refractivity (Wildman–Crippen MR) is 128 cm³/mol. The maximum atomic E-state index is 13.6. The van der Waals surface area contributed by atoms with Crippen molar-refractivity contribution >= 4 is 17.2 Å². The summed E-state index contributed by atoms with van der Waals surface area (Å²) in [6, 6.07) is 17.4. The Balaban J connectivity index is 1.53. The average Bonchev–Trinajstić information content (AvgIpc) is 3.28. The van der Waals surface area contributed by atoms with Crippen LogP contribution in [-0.2, 0) is 4.79 Å². The van der Waals surface area contributed by atoms with Crippen molar-refractivity contribution in [2.75, 3.05) is 17.7 Å². The monoisotopic (exact) mass is 444 g/mol. The van der Waals surface area contributed by atoms with Gasteiger partial charge in [0.25, 0.3) is 0 Å². The molecule has 33 heavy (non-hydrogen) atoms. The van der Waals surface area contributed by atoms with Gasteiger partial charge in [0.15, 0.2) is 17.3 Å². The lowest BCUT2D eigenvalue weighted by Crippen LogP contribution is -2.26. The van der Waals surface area contributed by atoms with E-state index in [1.807, 2.05) is 68.4 Å². The van der Waals surface area contributed by atoms with Crippen molar-refractivity contribution in [3.8, 4) is 11.5 Å². The first-order valence-electron chi connectivity index (χ1n) is 11.3. The molecule has 0 saturated carbocycles. The minimum absolute atomic E-state index is 0.0354. The van der Waals surface area contributed by atoms with Gasteiger partial charge in [-0.3, -0.25) is 4.79 Å². The molecule has 0 radical (unpaired) electrons. The molecule has 0 amide bonds. The van der Waals surface area contributed by atoms with E-state index in [2.05, 4.69) is 10.6 Å². The van der Waals surface area contributed by atoms with Crippen LogP contribution in [0.5, 0.6) is 11.5 Å². The van der Waals surface area contributed by atoms with E-state index in [1.54, 1.807) is 13.4 Å². The van der Waals surface area contributed by atoms with Crippen LogP contribution in [0.3, 0.4) is 0 Å². The van der Waals surface area contributed by atoms with E-state index in [0.29, 0.717) is 24.3 Å². The summed E-state index contributed by atoms with van der Waals surface area (Å²) in [4.78, 5) is 13.6. The number of benzene rings is 2. The molecule has 3 aromatic rings. The molecule has 0 bridgehead atoms. The van der Waals surface area contributed by atoms with Gasteiger partial charge in [-0.05, 0) is 68.1 Å². The van der Waals surface area contributed by atoms with Gasteiger partial charge < -0.3 is 24.5 Å². The van der Waals surface area contributed by atoms with Crippen molar-refractivity contribution in [2.24, 2.45) is 0 Å². The molecule has 2 aliphatic rings. The number of Topliss-reactive ketones (excluding diaryl/α,β-unsaturated/α-hetero) is 1. The zero-order valence-corrected chi connectivity index (χ0v) is 19.1. The topological polar surface area (TPSA) is 72.7 Å². The Morgan fingerprint density at radius 1 is 1.00 bits per heavy atom. The maximum absolute atomic E-state index is 13.6. The van der Waals surface area contributed by atoms with E-state index in [0.717, 1.165) is 34.0 Å². The Kier molecular flexibility index (Phi) is 5.58. The molecular formula is C27H28N2O4. The van der Waals surface area contributed by atoms with Gasteiger partial charge >= 0.3 is 0 Å². The van der Waals surface area contributed by atoms with Crippen molar-refractivity contribution in [3.05, 3.63) is 83.5 Å². The Bertz CT molecular complexity index is 1200. The third-order valence-electron chi connectivity index (χ3n) is 6.16. The number of hydrogen-bond donors (Lipinski definition) is 2. The number of ketones is 1. The number of nitrogens with one attached hydrogen (secondary N) is 2. The van der Waals surface area contributed by atoms with Crippen LogP contribution in [0.4, 0.5) is 11.4 Å². The summed E-state index contributed by atoms with van der Waals surface area (Å²) in [6.45, 7) is 3.97. The molecule has 6 nitrogen and oxygen atoms in total. The Morgan fingerprint density at radius 3 is 2.55 bits per heavy atom. The van der Waals surface area contributed by atoms with Gasteiger partial charge in [0.05, 0.1) is 30.9 Å². The summed E-state index contributed by atoms with van der Waals surface area (Å²) in [5.41, 5.74) is 4.62. The minimum Gasteiger partial charge on any atom is -0.493 e. The highest BCUT2D eigenvalue weighted by Gasteiger charge is 2.37. The molecule has 2 aromatic carbocycles. The van der Waals surface area contributed by atoms with Crippen LogP contribution in [0, 0.1) is 0 Å². The van der Waals surface area contributed by atoms with Crippen LogP contribution in [-0.4, -0.2) is 19.0 Å². The van der Waals surface area contributed by atoms with Crippen LogP contribution >= 0.6 is 0 Å². The standard InChI is InChI=1S/C27H28N2O4/c1-16(2)33-23-11-10-17(15-25(23)31-3)18-13-21-26(22(30)14-18)27(24-9-6-12-32-24)29-20-8-5-4-7-19(20)28-21/h4-12,15-16,18,27-29H,13-14H2,1-3H3. The second kappa shape index (κ2) is 8.70. The first-order chi connectivity index (χ1) is 16.0. The number of hydrogen-bond acceptors (Lipinski definition) is 6. The summed E-state index contributed by atoms with van der Waals surface area (Å²) in [5.74, 6) is 2.26. The van der Waals surface area contributed by atoms with Crippen molar-refractivity contribution in [3.63, 3.8) is 0 Å². The highest BCUT2D eigenvalue weighted by atomic mass is 16.5. The lowest BCUT2D eigenvalue weighted by Gasteiger charge is -2.29. The van der Waals surface area contributed by atoms with E-state index in [4.69, 9.17) is 13.9 Å². The van der Waals surface area contributed by atoms with Crippen LogP contribution < -0.4 is 20.1 Å². The normalized spacial score (nSPS) is 19.8. The third-order valence-corrected chi connectivity index (χ3v) is 6.16. The molecule has 5 rings (SSSR count). The highest BCUT2D eigenvalue weighted by molar-refractivity contribution is 6.01. The van der Waals surface area contributed by atoms with E-state index in [9.17, 15) is 4.79 Å². The summed E-state index contributed by atoms with van der Waals surface area (Å²) in [5, 5.41) is 7.07. The molecule has 0 spiro atoms. The fraction of sp³-hybridized carbons (Fsp3) is 0.296. The summed E-state index contributed by atoms with van der Waals surface area (Å²) >= 11 is 0. The Hall–Kier alpha value is -3.67. The van der Waals surface area contributed by atoms with E-state index in [1.165, 1.54) is 0 Å². The first kappa shape index (κ1) is 21.2. The van der Waals surface area contributed by atoms with Gasteiger partial charge in [-0.15, -0.1) is 0 Å². The molecule has 1 aromatic heterocycles. The largest absolute Gasteiger partial charge is 0.493 e. The summed E-state index contributed by atoms with van der Waals surface area (Å²) < 4.78 is 17.2. The number of allylic oxidation sites excluding steroid dienone is 1. The van der Waals surface area contributed by atoms with Gasteiger partial charge in [-0.1, -0.05) is 18.2 Å². The maximum Gasteiger partial charge on any atom is 0.163 e. The quantitative estimate of drug-likeness (QED) is 0.499. The van der Waals surface area contributed by atoms with E-state index >= 15 is 0 Å². The fourth-order valence-electron chi connectivity index (χ4n) is 4.69. The van der Waals surface area contributed by atoms with Gasteiger partial charge in [0.2, 0.25) is 0 Å². The van der Waals surface area contributed by atoms with Gasteiger partial charge in [-0.25, -0.2) is 0 Å². The summed E-state index contributed by atoms with van der Waals surface area (Å²) in [6.07, 6.45) is 2.82. The lowest BCUT2D eigenvalue weighted by molar-refractivity contribution is -0.116. The molecule has 0 fully saturated rings. The minimum atomic E-state index is -0.337. The number of fused-ring (bicyclic) bond motifs is 1. The number of rotatable bonds is 5. The highest BCUT2D eigenvalue weighted by Crippen LogP contribution is 2.45. The Morgan fingerprint density at radius 2 is 1.82 bits per heavy atom. The van der Waals surface area contributed by atoms with Crippen LogP contribution in [0.15, 0.2) is 76.5 Å². The smallest absolute Gasteiger partial charge is 0.163 e. The molecule has 6 heteroatoms. The number of carbonyl (C=O) groups excluding carboxylic acids is 1. The van der Waals surface area contributed by atoms with Gasteiger partial charge in [-0.2, -0.15) is 0 Å². The number of carbonyl (C=O) groups is 1. The average molecular weight is 445 g/mol.